The molecular formula is C13H19ClFNO. The molecule has 1 rings (SSSR count). The van der Waals surface area contributed by atoms with E-state index in [0.717, 1.165) is 25.9 Å². The molecule has 0 bridgehead atoms. The van der Waals surface area contributed by atoms with Crippen LogP contribution in [0.15, 0.2) is 18.2 Å². The number of halogens is 2. The van der Waals surface area contributed by atoms with Gasteiger partial charge < -0.3 is 10.1 Å². The van der Waals surface area contributed by atoms with E-state index in [-0.39, 0.29) is 11.1 Å². The van der Waals surface area contributed by atoms with Crippen LogP contribution in [0, 0.1) is 5.82 Å². The number of ether oxygens (including phenoxy) is 1. The Hall–Kier alpha value is -0.800. The molecule has 1 N–H and O–H groups in total. The lowest BCUT2D eigenvalue weighted by molar-refractivity contribution is 0.207. The number of rotatable bonds is 7. The van der Waals surface area contributed by atoms with E-state index >= 15 is 0 Å². The molecule has 2 nitrogen and oxygen atoms in total. The van der Waals surface area contributed by atoms with Crippen molar-refractivity contribution in [3.63, 3.8) is 0 Å². The molecule has 1 aromatic rings. The third-order valence-corrected chi connectivity index (χ3v) is 2.73. The molecule has 1 aromatic carbocycles. The Bertz CT molecular complexity index is 346. The van der Waals surface area contributed by atoms with Crippen LogP contribution in [-0.4, -0.2) is 19.2 Å². The van der Waals surface area contributed by atoms with Gasteiger partial charge in [0.2, 0.25) is 0 Å². The average Bonchev–Trinajstić information content (AvgIpc) is 2.30. The van der Waals surface area contributed by atoms with E-state index < -0.39 is 5.82 Å². The van der Waals surface area contributed by atoms with Crippen LogP contribution in [0.5, 0.6) is 5.75 Å². The lowest BCUT2D eigenvalue weighted by atomic mass is 10.2. The lowest BCUT2D eigenvalue weighted by Crippen LogP contribution is -2.18. The van der Waals surface area contributed by atoms with E-state index in [2.05, 4.69) is 12.2 Å². The maximum absolute atomic E-state index is 12.9. The van der Waals surface area contributed by atoms with Crippen LogP contribution < -0.4 is 10.1 Å². The van der Waals surface area contributed by atoms with Gasteiger partial charge in [0.1, 0.15) is 11.6 Å². The molecular weight excluding hydrogens is 241 g/mol. The van der Waals surface area contributed by atoms with Crippen molar-refractivity contribution in [3.8, 4) is 5.75 Å². The monoisotopic (exact) mass is 259 g/mol. The molecule has 0 amide bonds. The summed E-state index contributed by atoms with van der Waals surface area (Å²) in [7, 11) is 0. The fourth-order valence-electron chi connectivity index (χ4n) is 1.53. The fraction of sp³-hybridized carbons (Fsp3) is 0.538. The number of nitrogens with one attached hydrogen (secondary N) is 1. The van der Waals surface area contributed by atoms with Crippen molar-refractivity contribution >= 4 is 11.6 Å². The van der Waals surface area contributed by atoms with E-state index in [9.17, 15) is 4.39 Å². The van der Waals surface area contributed by atoms with Crippen molar-refractivity contribution in [2.75, 3.05) is 13.1 Å². The molecule has 4 heteroatoms. The van der Waals surface area contributed by atoms with Gasteiger partial charge in [0.05, 0.1) is 11.1 Å². The molecule has 0 spiro atoms. The van der Waals surface area contributed by atoms with E-state index in [0.29, 0.717) is 5.75 Å². The van der Waals surface area contributed by atoms with Gasteiger partial charge in [-0.1, -0.05) is 18.5 Å². The van der Waals surface area contributed by atoms with Gasteiger partial charge in [-0.05, 0) is 45.0 Å². The molecule has 0 saturated heterocycles. The van der Waals surface area contributed by atoms with Crippen molar-refractivity contribution in [1.29, 1.82) is 0 Å². The van der Waals surface area contributed by atoms with Crippen LogP contribution in [-0.2, 0) is 0 Å². The third-order valence-electron chi connectivity index (χ3n) is 2.44. The SMILES string of the molecule is CCNCCCC(C)Oc1ccc(F)c(Cl)c1. The third kappa shape index (κ3) is 5.37. The summed E-state index contributed by atoms with van der Waals surface area (Å²) < 4.78 is 18.6. The smallest absolute Gasteiger partial charge is 0.142 e. The molecule has 96 valence electrons. The van der Waals surface area contributed by atoms with Crippen molar-refractivity contribution in [1.82, 2.24) is 5.32 Å². The van der Waals surface area contributed by atoms with Crippen LogP contribution in [0.25, 0.3) is 0 Å². The molecule has 0 aromatic heterocycles. The standard InChI is InChI=1S/C13H19ClFNO/c1-3-16-8-4-5-10(2)17-11-6-7-13(15)12(14)9-11/h6-7,9-10,16H,3-5,8H2,1-2H3. The van der Waals surface area contributed by atoms with Crippen LogP contribution in [0.1, 0.15) is 26.7 Å². The van der Waals surface area contributed by atoms with Crippen molar-refractivity contribution in [2.45, 2.75) is 32.8 Å². The first-order chi connectivity index (χ1) is 8.13. The minimum Gasteiger partial charge on any atom is -0.491 e. The number of hydrogen-bond acceptors (Lipinski definition) is 2. The Morgan fingerprint density at radius 1 is 1.47 bits per heavy atom. The predicted molar refractivity (Wildman–Crippen MR) is 69.3 cm³/mol. The Balaban J connectivity index is 2.34. The zero-order valence-corrected chi connectivity index (χ0v) is 11.1. The maximum Gasteiger partial charge on any atom is 0.142 e. The summed E-state index contributed by atoms with van der Waals surface area (Å²) in [5, 5.41) is 3.36. The highest BCUT2D eigenvalue weighted by molar-refractivity contribution is 6.30. The van der Waals surface area contributed by atoms with Gasteiger partial charge >= 0.3 is 0 Å². The van der Waals surface area contributed by atoms with Gasteiger partial charge in [-0.2, -0.15) is 0 Å². The van der Waals surface area contributed by atoms with Crippen molar-refractivity contribution in [3.05, 3.63) is 29.0 Å². The second-order valence-corrected chi connectivity index (χ2v) is 4.41. The molecule has 17 heavy (non-hydrogen) atoms. The van der Waals surface area contributed by atoms with Gasteiger partial charge in [-0.25, -0.2) is 4.39 Å². The van der Waals surface area contributed by atoms with E-state index in [4.69, 9.17) is 16.3 Å². The molecule has 0 fully saturated rings. The molecule has 0 heterocycles. The summed E-state index contributed by atoms with van der Waals surface area (Å²) in [6, 6.07) is 4.43. The summed E-state index contributed by atoms with van der Waals surface area (Å²) in [6.07, 6.45) is 2.13. The van der Waals surface area contributed by atoms with E-state index in [1.165, 1.54) is 12.1 Å². The summed E-state index contributed by atoms with van der Waals surface area (Å²) in [4.78, 5) is 0. The number of hydrogen-bond donors (Lipinski definition) is 1. The second-order valence-electron chi connectivity index (χ2n) is 4.00. The first kappa shape index (κ1) is 14.3. The molecule has 0 saturated carbocycles. The van der Waals surface area contributed by atoms with Gasteiger partial charge in [-0.15, -0.1) is 0 Å². The van der Waals surface area contributed by atoms with E-state index in [1.54, 1.807) is 6.07 Å². The minimum absolute atomic E-state index is 0.0994. The quantitative estimate of drug-likeness (QED) is 0.755. The highest BCUT2D eigenvalue weighted by Gasteiger charge is 2.06. The molecule has 0 aliphatic rings. The van der Waals surface area contributed by atoms with E-state index in [1.807, 2.05) is 6.92 Å². The van der Waals surface area contributed by atoms with Crippen molar-refractivity contribution in [2.24, 2.45) is 0 Å². The maximum atomic E-state index is 12.9. The second kappa shape index (κ2) is 7.51. The Labute approximate surface area is 107 Å². The van der Waals surface area contributed by atoms with Crippen LogP contribution in [0.2, 0.25) is 5.02 Å². The molecule has 0 aliphatic carbocycles. The van der Waals surface area contributed by atoms with Crippen molar-refractivity contribution < 1.29 is 9.13 Å². The van der Waals surface area contributed by atoms with Gasteiger partial charge in [0, 0.05) is 6.07 Å². The Kier molecular flexibility index (Phi) is 6.30. The first-order valence-electron chi connectivity index (χ1n) is 5.96. The topological polar surface area (TPSA) is 21.3 Å². The van der Waals surface area contributed by atoms with Gasteiger partial charge in [0.15, 0.2) is 0 Å². The van der Waals surface area contributed by atoms with Crippen LogP contribution in [0.3, 0.4) is 0 Å². The highest BCUT2D eigenvalue weighted by Crippen LogP contribution is 2.22. The molecule has 1 atom stereocenters. The van der Waals surface area contributed by atoms with Gasteiger partial charge in [-0.3, -0.25) is 0 Å². The molecule has 1 unspecified atom stereocenters. The zero-order valence-electron chi connectivity index (χ0n) is 10.3. The van der Waals surface area contributed by atoms with Crippen LogP contribution in [0.4, 0.5) is 4.39 Å². The molecule has 0 aliphatic heterocycles. The summed E-state index contributed by atoms with van der Waals surface area (Å²) in [5.74, 6) is 0.200. The van der Waals surface area contributed by atoms with Crippen LogP contribution >= 0.6 is 11.6 Å². The minimum atomic E-state index is -0.418. The Morgan fingerprint density at radius 2 is 2.24 bits per heavy atom. The largest absolute Gasteiger partial charge is 0.491 e. The predicted octanol–water partition coefficient (Wildman–Crippen LogP) is 3.64. The highest BCUT2D eigenvalue weighted by atomic mass is 35.5. The molecule has 0 radical (unpaired) electrons. The normalized spacial score (nSPS) is 12.5. The van der Waals surface area contributed by atoms with Gasteiger partial charge in [0.25, 0.3) is 0 Å². The number of benzene rings is 1. The Morgan fingerprint density at radius 3 is 2.88 bits per heavy atom. The summed E-state index contributed by atoms with van der Waals surface area (Å²) in [6.45, 7) is 6.07. The first-order valence-corrected chi connectivity index (χ1v) is 6.33. The summed E-state index contributed by atoms with van der Waals surface area (Å²) >= 11 is 5.68. The average molecular weight is 260 g/mol. The fourth-order valence-corrected chi connectivity index (χ4v) is 1.70. The summed E-state index contributed by atoms with van der Waals surface area (Å²) in [5.41, 5.74) is 0. The zero-order chi connectivity index (χ0) is 12.7. The lowest BCUT2D eigenvalue weighted by Gasteiger charge is -2.15.